The number of fused-ring (bicyclic) bond motifs is 1. The molecule has 0 aromatic carbocycles. The number of ether oxygens (including phenoxy) is 1. The lowest BCUT2D eigenvalue weighted by Gasteiger charge is -1.89. The van der Waals surface area contributed by atoms with Crippen LogP contribution in [0.2, 0.25) is 0 Å². The zero-order valence-corrected chi connectivity index (χ0v) is 3.64. The fourth-order valence-electron chi connectivity index (χ4n) is 0.783. The SMILES string of the molecule is COC1C2=CC21. The van der Waals surface area contributed by atoms with Crippen LogP contribution in [0.3, 0.4) is 0 Å². The number of hydrogen-bond acceptors (Lipinski definition) is 1. The maximum atomic E-state index is 4.95. The lowest BCUT2D eigenvalue weighted by Crippen LogP contribution is -1.90. The zero-order chi connectivity index (χ0) is 4.15. The zero-order valence-electron chi connectivity index (χ0n) is 3.64. The molecule has 2 rings (SSSR count). The molecule has 1 saturated carbocycles. The van der Waals surface area contributed by atoms with Gasteiger partial charge in [0.1, 0.15) is 0 Å². The predicted octanol–water partition coefficient (Wildman–Crippen LogP) is 0.571. The van der Waals surface area contributed by atoms with Crippen LogP contribution in [0.5, 0.6) is 0 Å². The van der Waals surface area contributed by atoms with Crippen molar-refractivity contribution in [2.45, 2.75) is 6.10 Å². The van der Waals surface area contributed by atoms with Crippen LogP contribution in [0.4, 0.5) is 0 Å². The van der Waals surface area contributed by atoms with Gasteiger partial charge in [-0.15, -0.1) is 0 Å². The Labute approximate surface area is 36.6 Å². The van der Waals surface area contributed by atoms with Crippen LogP contribution in [0.25, 0.3) is 0 Å². The topological polar surface area (TPSA) is 9.23 Å². The van der Waals surface area contributed by atoms with Gasteiger partial charge in [-0.25, -0.2) is 0 Å². The van der Waals surface area contributed by atoms with Crippen molar-refractivity contribution in [2.75, 3.05) is 7.11 Å². The molecule has 0 aromatic heterocycles. The quantitative estimate of drug-likeness (QED) is 0.420. The van der Waals surface area contributed by atoms with Crippen LogP contribution < -0.4 is 0 Å². The predicted molar refractivity (Wildman–Crippen MR) is 22.4 cm³/mol. The second-order valence-corrected chi connectivity index (χ2v) is 1.85. The average molecular weight is 82.1 g/mol. The van der Waals surface area contributed by atoms with E-state index in [9.17, 15) is 0 Å². The van der Waals surface area contributed by atoms with Gasteiger partial charge in [0.2, 0.25) is 0 Å². The van der Waals surface area contributed by atoms with E-state index in [1.807, 2.05) is 0 Å². The number of hydrogen-bond donors (Lipinski definition) is 0. The van der Waals surface area contributed by atoms with Crippen molar-refractivity contribution in [3.63, 3.8) is 0 Å². The van der Waals surface area contributed by atoms with Crippen molar-refractivity contribution in [3.05, 3.63) is 11.6 Å². The summed E-state index contributed by atoms with van der Waals surface area (Å²) < 4.78 is 4.95. The molecule has 0 aromatic rings. The first-order valence-electron chi connectivity index (χ1n) is 2.18. The summed E-state index contributed by atoms with van der Waals surface area (Å²) in [6.07, 6.45) is 2.79. The van der Waals surface area contributed by atoms with Crippen LogP contribution in [-0.4, -0.2) is 13.2 Å². The third-order valence-electron chi connectivity index (χ3n) is 1.45. The first kappa shape index (κ1) is 2.80. The Morgan fingerprint density at radius 3 is 2.50 bits per heavy atom. The molecule has 6 heavy (non-hydrogen) atoms. The molecular formula is C5H6O. The standard InChI is InChI=1S/C5H6O/c1-6-5-3-2-4(3)5/h2-3,5H,1H3. The van der Waals surface area contributed by atoms with Gasteiger partial charge in [0.15, 0.2) is 0 Å². The average Bonchev–Trinajstić information content (AvgIpc) is 2.12. The number of rotatable bonds is 1. The molecule has 1 nitrogen and oxygen atoms in total. The number of methoxy groups -OCH3 is 1. The van der Waals surface area contributed by atoms with Crippen molar-refractivity contribution >= 4 is 0 Å². The van der Waals surface area contributed by atoms with Crippen LogP contribution in [-0.2, 0) is 4.74 Å². The summed E-state index contributed by atoms with van der Waals surface area (Å²) in [5.41, 5.74) is 1.53. The molecule has 0 bridgehead atoms. The van der Waals surface area contributed by atoms with Gasteiger partial charge < -0.3 is 4.74 Å². The minimum atomic E-state index is 0.560. The second kappa shape index (κ2) is 0.562. The molecule has 2 unspecified atom stereocenters. The van der Waals surface area contributed by atoms with E-state index in [1.54, 1.807) is 7.11 Å². The van der Waals surface area contributed by atoms with Gasteiger partial charge in [0.25, 0.3) is 0 Å². The summed E-state index contributed by atoms with van der Waals surface area (Å²) in [7, 11) is 1.76. The van der Waals surface area contributed by atoms with Gasteiger partial charge in [-0.05, 0) is 5.57 Å². The molecule has 2 aliphatic carbocycles. The molecule has 0 saturated heterocycles. The van der Waals surface area contributed by atoms with Crippen LogP contribution in [0.1, 0.15) is 0 Å². The van der Waals surface area contributed by atoms with Crippen molar-refractivity contribution in [1.29, 1.82) is 0 Å². The molecule has 0 N–H and O–H groups in total. The summed E-state index contributed by atoms with van der Waals surface area (Å²) in [6, 6.07) is 0. The van der Waals surface area contributed by atoms with Crippen LogP contribution in [0.15, 0.2) is 11.6 Å². The van der Waals surface area contributed by atoms with Crippen molar-refractivity contribution < 1.29 is 4.74 Å². The third kappa shape index (κ3) is 0.144. The third-order valence-corrected chi connectivity index (χ3v) is 1.45. The normalized spacial score (nSPS) is 47.2. The van der Waals surface area contributed by atoms with E-state index in [4.69, 9.17) is 4.74 Å². The van der Waals surface area contributed by atoms with E-state index in [0.29, 0.717) is 6.10 Å². The second-order valence-electron chi connectivity index (χ2n) is 1.85. The Morgan fingerprint density at radius 2 is 2.50 bits per heavy atom. The first-order valence-corrected chi connectivity index (χ1v) is 2.18. The van der Waals surface area contributed by atoms with Gasteiger partial charge in [0, 0.05) is 13.0 Å². The Bertz CT molecular complexity index is 115. The fourth-order valence-corrected chi connectivity index (χ4v) is 0.783. The Kier molecular flexibility index (Phi) is 0.263. The summed E-state index contributed by atoms with van der Waals surface area (Å²) in [6.45, 7) is 0. The largest absolute Gasteiger partial charge is 0.376 e. The molecule has 0 spiro atoms. The van der Waals surface area contributed by atoms with E-state index < -0.39 is 0 Å². The summed E-state index contributed by atoms with van der Waals surface area (Å²) in [5.74, 6) is 0.801. The van der Waals surface area contributed by atoms with E-state index in [1.165, 1.54) is 5.57 Å². The van der Waals surface area contributed by atoms with Gasteiger partial charge in [-0.3, -0.25) is 0 Å². The minimum absolute atomic E-state index is 0.560. The molecule has 0 amide bonds. The minimum Gasteiger partial charge on any atom is -0.376 e. The highest BCUT2D eigenvalue weighted by atomic mass is 16.5. The Hall–Kier alpha value is -0.300. The summed E-state index contributed by atoms with van der Waals surface area (Å²) in [4.78, 5) is 0. The van der Waals surface area contributed by atoms with Gasteiger partial charge in [-0.2, -0.15) is 0 Å². The van der Waals surface area contributed by atoms with Gasteiger partial charge in [-0.1, -0.05) is 6.08 Å². The van der Waals surface area contributed by atoms with Crippen molar-refractivity contribution in [2.24, 2.45) is 5.92 Å². The first-order chi connectivity index (χ1) is 2.93. The van der Waals surface area contributed by atoms with Gasteiger partial charge >= 0.3 is 0 Å². The maximum Gasteiger partial charge on any atom is 0.0889 e. The molecule has 0 heterocycles. The highest BCUT2D eigenvalue weighted by Crippen LogP contribution is 2.55. The lowest BCUT2D eigenvalue weighted by molar-refractivity contribution is 0.177. The molecule has 0 radical (unpaired) electrons. The van der Waals surface area contributed by atoms with Crippen LogP contribution in [0, 0.1) is 5.92 Å². The monoisotopic (exact) mass is 82.0 g/mol. The van der Waals surface area contributed by atoms with E-state index >= 15 is 0 Å². The van der Waals surface area contributed by atoms with E-state index in [-0.39, 0.29) is 0 Å². The Morgan fingerprint density at radius 1 is 1.83 bits per heavy atom. The lowest BCUT2D eigenvalue weighted by atomic mass is 10.5. The summed E-state index contributed by atoms with van der Waals surface area (Å²) in [5, 5.41) is 0. The molecule has 2 aliphatic rings. The maximum absolute atomic E-state index is 4.95. The van der Waals surface area contributed by atoms with Crippen LogP contribution >= 0.6 is 0 Å². The molecule has 32 valence electrons. The molecule has 0 aliphatic heterocycles. The highest BCUT2D eigenvalue weighted by Gasteiger charge is 2.54. The van der Waals surface area contributed by atoms with E-state index in [0.717, 1.165) is 5.92 Å². The molecule has 1 heteroatoms. The highest BCUT2D eigenvalue weighted by molar-refractivity contribution is 5.53. The van der Waals surface area contributed by atoms with E-state index in [2.05, 4.69) is 6.08 Å². The van der Waals surface area contributed by atoms with Crippen molar-refractivity contribution in [3.8, 4) is 0 Å². The fraction of sp³-hybridized carbons (Fsp3) is 0.600. The Balaban J connectivity index is 2.06. The van der Waals surface area contributed by atoms with Gasteiger partial charge in [0.05, 0.1) is 6.10 Å². The smallest absolute Gasteiger partial charge is 0.0889 e. The van der Waals surface area contributed by atoms with Crippen molar-refractivity contribution in [1.82, 2.24) is 0 Å². The molecule has 1 fully saturated rings. The molecule has 2 atom stereocenters. The summed E-state index contributed by atoms with van der Waals surface area (Å²) >= 11 is 0. The molecular weight excluding hydrogens is 76.1 g/mol.